The van der Waals surface area contributed by atoms with Gasteiger partial charge in [-0.15, -0.1) is 0 Å². The van der Waals surface area contributed by atoms with Crippen molar-refractivity contribution in [2.75, 3.05) is 36.8 Å². The summed E-state index contributed by atoms with van der Waals surface area (Å²) in [5.74, 6) is -2.25. The predicted molar refractivity (Wildman–Crippen MR) is 418 cm³/mol. The van der Waals surface area contributed by atoms with E-state index in [2.05, 4.69) is 19.9 Å². The molecule has 27 heteroatoms. The van der Waals surface area contributed by atoms with Gasteiger partial charge in [-0.05, 0) is 119 Å². The van der Waals surface area contributed by atoms with Crippen molar-refractivity contribution in [3.63, 3.8) is 0 Å². The minimum Gasteiger partial charge on any atom is -0.369 e. The molecule has 0 saturated carbocycles. The van der Waals surface area contributed by atoms with E-state index in [1.807, 2.05) is 199 Å². The highest BCUT2D eigenvalue weighted by molar-refractivity contribution is 8.00. The minimum absolute atomic E-state index is 0.0984. The number of rotatable bonds is 16. The van der Waals surface area contributed by atoms with Gasteiger partial charge in [0.25, 0.3) is 16.7 Å². The molecule has 6 N–H and O–H groups in total. The van der Waals surface area contributed by atoms with Gasteiger partial charge in [-0.2, -0.15) is 39.5 Å². The molecule has 3 aromatic heterocycles. The lowest BCUT2D eigenvalue weighted by Gasteiger charge is -2.34. The molecule has 0 fully saturated rings. The fourth-order valence-corrected chi connectivity index (χ4v) is 15.8. The van der Waals surface area contributed by atoms with E-state index in [1.54, 1.807) is 30.5 Å². The summed E-state index contributed by atoms with van der Waals surface area (Å²) < 4.78 is 150. The molecule has 0 saturated heterocycles. The van der Waals surface area contributed by atoms with Crippen LogP contribution in [0.2, 0.25) is 0 Å². The van der Waals surface area contributed by atoms with Gasteiger partial charge in [0, 0.05) is 81.6 Å². The number of anilines is 3. The van der Waals surface area contributed by atoms with E-state index < -0.39 is 70.8 Å². The molecule has 3 atom stereocenters. The molecule has 0 spiro atoms. The van der Waals surface area contributed by atoms with Crippen molar-refractivity contribution in [2.45, 2.75) is 119 Å². The number of hydrogen-bond acceptors (Lipinski definition) is 13. The third-order valence-corrected chi connectivity index (χ3v) is 22.0. The largest absolute Gasteiger partial charge is 0.446 e. The van der Waals surface area contributed by atoms with Gasteiger partial charge >= 0.3 is 17.9 Å². The van der Waals surface area contributed by atoms with E-state index in [1.165, 1.54) is 33.4 Å². The van der Waals surface area contributed by atoms with Crippen LogP contribution in [0.5, 0.6) is 0 Å². The van der Waals surface area contributed by atoms with Gasteiger partial charge in [0.1, 0.15) is 11.6 Å². The van der Waals surface area contributed by atoms with Crippen LogP contribution in [0.15, 0.2) is 262 Å². The van der Waals surface area contributed by atoms with Crippen molar-refractivity contribution < 1.29 is 48.3 Å². The Morgan fingerprint density at radius 1 is 0.342 bits per heavy atom. The van der Waals surface area contributed by atoms with Crippen LogP contribution in [0, 0.1) is 11.6 Å². The van der Waals surface area contributed by atoms with Gasteiger partial charge in [-0.25, -0.2) is 23.7 Å². The minimum atomic E-state index is -4.80. The topological polar surface area (TPSA) is 192 Å². The Bertz CT molecular complexity index is 5430. The number of alkyl halides is 9. The average molecular weight is 1580 g/mol. The number of nitrogen functional groups attached to an aromatic ring is 3. The van der Waals surface area contributed by atoms with Gasteiger partial charge < -0.3 is 17.2 Å². The molecule has 0 radical (unpaired) electrons. The zero-order valence-electron chi connectivity index (χ0n) is 62.0. The summed E-state index contributed by atoms with van der Waals surface area (Å²) in [7, 11) is 0. The van der Waals surface area contributed by atoms with Crippen LogP contribution in [0.4, 0.5) is 66.1 Å². The second-order valence-corrected chi connectivity index (χ2v) is 29.3. The Morgan fingerprint density at radius 3 is 0.912 bits per heavy atom. The number of aromatic nitrogens is 6. The van der Waals surface area contributed by atoms with E-state index in [-0.39, 0.29) is 70.3 Å². The first-order chi connectivity index (χ1) is 54.5. The second-order valence-electron chi connectivity index (χ2n) is 28.2. The van der Waals surface area contributed by atoms with Gasteiger partial charge in [0.05, 0.1) is 63.0 Å². The molecule has 3 aliphatic rings. The van der Waals surface area contributed by atoms with Gasteiger partial charge in [-0.3, -0.25) is 42.8 Å². The van der Waals surface area contributed by atoms with Crippen LogP contribution in [0.25, 0.3) is 0 Å². The molecule has 0 bridgehead atoms. The Hall–Kier alpha value is -11.5. The molecular formula is C87H79F11N12O3S. The molecule has 114 heavy (non-hydrogen) atoms. The predicted octanol–water partition coefficient (Wildman–Crippen LogP) is 17.7. The Morgan fingerprint density at radius 2 is 0.623 bits per heavy atom. The molecule has 588 valence electrons. The first-order valence-electron chi connectivity index (χ1n) is 36.8. The molecule has 15 nitrogen and oxygen atoms in total. The number of thioether (sulfide) groups is 1. The molecule has 3 aliphatic heterocycles. The molecule has 9 aromatic carbocycles. The van der Waals surface area contributed by atoms with Crippen LogP contribution < -0.4 is 33.9 Å². The maximum Gasteiger partial charge on any atom is 0.446 e. The van der Waals surface area contributed by atoms with Crippen molar-refractivity contribution in [3.05, 3.63) is 380 Å². The van der Waals surface area contributed by atoms with E-state index in [0.29, 0.717) is 90.3 Å². The quantitative estimate of drug-likeness (QED) is 0.0612. The zero-order chi connectivity index (χ0) is 80.9. The lowest BCUT2D eigenvalue weighted by molar-refractivity contribution is -0.140. The number of nitrogens with zero attached hydrogens (tertiary/aromatic N) is 9. The fourth-order valence-electron chi connectivity index (χ4n) is 15.2. The SMILES string of the molecule is CC(c1ccc(C(F)(F)F)c(F)c1)N1CCc2nc(N)n(C(c3ccccc3)c3ccccc3)c(=O)c2C1.CC(c1ccc(F)c(C(F)(F)F)c1)N1CCc2nc(N)n(C(c3ccccc3)c3ccccc3)c(=O)c2C1.CC(c1ccc(SC(F)(F)F)cc1)N1CCc2nc(N)n(C(c3ccccc3)c3ccccc3)c(=O)c2C1. The summed E-state index contributed by atoms with van der Waals surface area (Å²) in [6.07, 6.45) is -8.16. The van der Waals surface area contributed by atoms with Crippen molar-refractivity contribution in [2.24, 2.45) is 0 Å². The van der Waals surface area contributed by atoms with Gasteiger partial charge in [0.2, 0.25) is 17.8 Å². The summed E-state index contributed by atoms with van der Waals surface area (Å²) in [4.78, 5) is 61.9. The Kier molecular flexibility index (Phi) is 24.0. The number of benzene rings is 9. The van der Waals surface area contributed by atoms with Crippen molar-refractivity contribution >= 4 is 29.6 Å². The Labute approximate surface area is 653 Å². The number of hydrogen-bond donors (Lipinski definition) is 3. The first-order valence-corrected chi connectivity index (χ1v) is 37.6. The zero-order valence-corrected chi connectivity index (χ0v) is 62.8. The van der Waals surface area contributed by atoms with Crippen molar-refractivity contribution in [1.82, 2.24) is 43.4 Å². The molecule has 3 unspecified atom stereocenters. The van der Waals surface area contributed by atoms with E-state index in [9.17, 15) is 62.7 Å². The summed E-state index contributed by atoms with van der Waals surface area (Å²) >= 11 is -0.127. The van der Waals surface area contributed by atoms with Crippen LogP contribution in [0.1, 0.15) is 152 Å². The third-order valence-electron chi connectivity index (χ3n) is 21.2. The maximum atomic E-state index is 14.3. The molecule has 6 heterocycles. The number of halogens is 11. The molecule has 12 aromatic rings. The van der Waals surface area contributed by atoms with Gasteiger partial charge in [0.15, 0.2) is 0 Å². The highest BCUT2D eigenvalue weighted by Gasteiger charge is 2.39. The first kappa shape index (κ1) is 80.5. The summed E-state index contributed by atoms with van der Waals surface area (Å²) in [5.41, 5.74) is 21.8. The Balaban J connectivity index is 0.000000149. The van der Waals surface area contributed by atoms with E-state index >= 15 is 0 Å². The van der Waals surface area contributed by atoms with Crippen LogP contribution in [0.3, 0.4) is 0 Å². The lowest BCUT2D eigenvalue weighted by Crippen LogP contribution is -2.41. The van der Waals surface area contributed by atoms with Gasteiger partial charge in [-0.1, -0.05) is 206 Å². The van der Waals surface area contributed by atoms with Crippen LogP contribution in [-0.4, -0.2) is 68.5 Å². The maximum absolute atomic E-state index is 14.3. The summed E-state index contributed by atoms with van der Waals surface area (Å²) in [6.45, 7) is 7.90. The standard InChI is InChI=1S/2C29H26F4N4O.C29H27F3N4OS/c1-18(21-12-13-24(30)23(16-21)29(31,32)33)36-15-14-25-22(17-36)27(38)37(28(34)35-25)26(19-8-4-2-5-9-19)20-10-6-3-7-11-20;1-18(21-12-13-23(24(30)16-21)29(31,32)33)36-15-14-25-22(17-36)27(38)37(28(34)35-25)26(19-8-4-2-5-9-19)20-10-6-3-7-11-20;1-19(20-12-14-23(15-13-20)38-29(30,31)32)35-17-16-25-24(18-35)27(37)36(28(33)34-25)26(21-8-4-2-5-9-21)22-10-6-3-7-11-22/h2*2-13,16,18,26H,14-15,17H2,1H3,(H2,34,35);2-15,19,26H,16-18H2,1H3,(H2,33,34). The number of nitrogens with two attached hydrogens (primary N) is 3. The fraction of sp³-hybridized carbons (Fsp3) is 0.241. The third kappa shape index (κ3) is 17.8. The van der Waals surface area contributed by atoms with E-state index in [4.69, 9.17) is 17.2 Å². The van der Waals surface area contributed by atoms with Crippen LogP contribution in [-0.2, 0) is 51.2 Å². The van der Waals surface area contributed by atoms with Crippen molar-refractivity contribution in [3.8, 4) is 0 Å². The highest BCUT2D eigenvalue weighted by Crippen LogP contribution is 2.41. The second kappa shape index (κ2) is 34.0. The molecule has 15 rings (SSSR count). The average Bonchev–Trinajstić information content (AvgIpc) is 0.764. The summed E-state index contributed by atoms with van der Waals surface area (Å²) in [6, 6.07) is 67.5. The van der Waals surface area contributed by atoms with Crippen molar-refractivity contribution in [1.29, 1.82) is 0 Å². The lowest BCUT2D eigenvalue weighted by atomic mass is 9.97. The normalized spacial score (nSPS) is 14.9. The molecule has 0 aliphatic carbocycles. The van der Waals surface area contributed by atoms with E-state index in [0.717, 1.165) is 63.2 Å². The number of fused-ring (bicyclic) bond motifs is 3. The smallest absolute Gasteiger partial charge is 0.369 e. The monoisotopic (exact) mass is 1580 g/mol. The molecule has 0 amide bonds. The summed E-state index contributed by atoms with van der Waals surface area (Å²) in [5, 5.41) is 0. The highest BCUT2D eigenvalue weighted by atomic mass is 32.2. The van der Waals surface area contributed by atoms with Crippen LogP contribution >= 0.6 is 11.8 Å². The molecular weight excluding hydrogens is 1500 g/mol.